The highest BCUT2D eigenvalue weighted by molar-refractivity contribution is 6.28. The van der Waals surface area contributed by atoms with Gasteiger partial charge in [-0.15, -0.1) is 0 Å². The van der Waals surface area contributed by atoms with Gasteiger partial charge in [0.25, 0.3) is 5.88 Å². The van der Waals surface area contributed by atoms with Crippen molar-refractivity contribution in [2.24, 2.45) is 0 Å². The molecule has 0 N–H and O–H groups in total. The zero-order chi connectivity index (χ0) is 14.2. The quantitative estimate of drug-likeness (QED) is 0.789. The minimum absolute atomic E-state index is 0.0106. The summed E-state index contributed by atoms with van der Waals surface area (Å²) in [5, 5.41) is 0.0106. The van der Waals surface area contributed by atoms with Crippen LogP contribution >= 0.6 is 11.6 Å². The number of hydrogen-bond acceptors (Lipinski definition) is 5. The molecule has 0 aliphatic carbocycles. The van der Waals surface area contributed by atoms with Crippen LogP contribution in [0.3, 0.4) is 0 Å². The molecule has 102 valence electrons. The molecule has 2 rings (SSSR count). The summed E-state index contributed by atoms with van der Waals surface area (Å²) in [6, 6.07) is 0.161. The monoisotopic (exact) mass is 283 g/mol. The highest BCUT2D eigenvalue weighted by Gasteiger charge is 2.18. The topological polar surface area (TPSA) is 73.1 Å². The fourth-order valence-corrected chi connectivity index (χ4v) is 1.65. The number of nitrogens with zero attached hydrogens (tertiary/aromatic N) is 5. The standard InChI is InChI=1S/C11H14ClN5O2/c1-6(2)17-5-13-7-8(17)14-10(12)15-9(7)19-11(18)16(3)4/h5-6H,1-4H3. The zero-order valence-corrected chi connectivity index (χ0v) is 11.8. The van der Waals surface area contributed by atoms with Crippen LogP contribution in [0.15, 0.2) is 6.33 Å². The lowest BCUT2D eigenvalue weighted by molar-refractivity contribution is 0.170. The second-order valence-electron chi connectivity index (χ2n) is 4.48. The Balaban J connectivity index is 2.52. The maximum atomic E-state index is 11.6. The fourth-order valence-electron chi connectivity index (χ4n) is 1.49. The molecule has 0 spiro atoms. The number of aromatic nitrogens is 4. The van der Waals surface area contributed by atoms with Crippen molar-refractivity contribution in [2.45, 2.75) is 19.9 Å². The first-order chi connectivity index (χ1) is 8.90. The zero-order valence-electron chi connectivity index (χ0n) is 11.1. The van der Waals surface area contributed by atoms with E-state index in [1.54, 1.807) is 20.4 Å². The summed E-state index contributed by atoms with van der Waals surface area (Å²) in [6.07, 6.45) is 1.07. The van der Waals surface area contributed by atoms with Crippen molar-refractivity contribution in [3.8, 4) is 5.88 Å². The van der Waals surface area contributed by atoms with E-state index in [1.165, 1.54) is 4.90 Å². The van der Waals surface area contributed by atoms with Gasteiger partial charge in [-0.05, 0) is 25.4 Å². The van der Waals surface area contributed by atoms with Crippen LogP contribution in [0.4, 0.5) is 4.79 Å². The third-order valence-corrected chi connectivity index (χ3v) is 2.64. The predicted octanol–water partition coefficient (Wildman–Crippen LogP) is 2.12. The Morgan fingerprint density at radius 1 is 1.42 bits per heavy atom. The normalized spacial score (nSPS) is 11.1. The molecule has 8 heteroatoms. The van der Waals surface area contributed by atoms with Gasteiger partial charge in [0.05, 0.1) is 6.33 Å². The lowest BCUT2D eigenvalue weighted by atomic mass is 10.4. The number of amides is 1. The van der Waals surface area contributed by atoms with E-state index in [0.29, 0.717) is 11.2 Å². The predicted molar refractivity (Wildman–Crippen MR) is 70.4 cm³/mol. The van der Waals surface area contributed by atoms with Gasteiger partial charge in [-0.2, -0.15) is 9.97 Å². The number of imidazole rings is 1. The van der Waals surface area contributed by atoms with Crippen LogP contribution in [-0.2, 0) is 0 Å². The molecule has 19 heavy (non-hydrogen) atoms. The Hall–Kier alpha value is -1.89. The largest absolute Gasteiger partial charge is 0.416 e. The summed E-state index contributed by atoms with van der Waals surface area (Å²) in [7, 11) is 3.16. The molecule has 0 saturated heterocycles. The first kappa shape index (κ1) is 13.5. The van der Waals surface area contributed by atoms with Crippen molar-refractivity contribution >= 4 is 28.9 Å². The summed E-state index contributed by atoms with van der Waals surface area (Å²) < 4.78 is 6.97. The SMILES string of the molecule is CC(C)n1cnc2c(OC(=O)N(C)C)nc(Cl)nc21. The second-order valence-corrected chi connectivity index (χ2v) is 4.82. The van der Waals surface area contributed by atoms with Gasteiger partial charge >= 0.3 is 6.09 Å². The Bertz CT molecular complexity index is 623. The van der Waals surface area contributed by atoms with E-state index in [9.17, 15) is 4.79 Å². The maximum Gasteiger partial charge on any atom is 0.416 e. The van der Waals surface area contributed by atoms with Crippen LogP contribution in [0.5, 0.6) is 5.88 Å². The van der Waals surface area contributed by atoms with E-state index >= 15 is 0 Å². The first-order valence-corrected chi connectivity index (χ1v) is 6.07. The summed E-state index contributed by atoms with van der Waals surface area (Å²) in [6.45, 7) is 3.98. The summed E-state index contributed by atoms with van der Waals surface area (Å²) in [5.74, 6) is 0.0631. The average molecular weight is 284 g/mol. The first-order valence-electron chi connectivity index (χ1n) is 5.69. The third kappa shape index (κ3) is 2.60. The van der Waals surface area contributed by atoms with Crippen molar-refractivity contribution in [1.82, 2.24) is 24.4 Å². The van der Waals surface area contributed by atoms with E-state index in [2.05, 4.69) is 15.0 Å². The molecule has 0 aliphatic heterocycles. The highest BCUT2D eigenvalue weighted by Crippen LogP contribution is 2.25. The number of ether oxygens (including phenoxy) is 1. The van der Waals surface area contributed by atoms with Crippen LogP contribution in [0.25, 0.3) is 11.2 Å². The second kappa shape index (κ2) is 5.00. The van der Waals surface area contributed by atoms with Gasteiger partial charge in [-0.3, -0.25) is 0 Å². The Labute approximate surface area is 115 Å². The third-order valence-electron chi connectivity index (χ3n) is 2.47. The molecule has 0 atom stereocenters. The number of fused-ring (bicyclic) bond motifs is 1. The fraction of sp³-hybridized carbons (Fsp3) is 0.455. The van der Waals surface area contributed by atoms with Crippen LogP contribution in [0.1, 0.15) is 19.9 Å². The molecule has 2 aromatic rings. The van der Waals surface area contributed by atoms with Gasteiger partial charge in [0.1, 0.15) is 0 Å². The molecule has 0 aromatic carbocycles. The Morgan fingerprint density at radius 3 is 2.68 bits per heavy atom. The van der Waals surface area contributed by atoms with Crippen molar-refractivity contribution in [2.75, 3.05) is 14.1 Å². The van der Waals surface area contributed by atoms with Crippen LogP contribution < -0.4 is 4.74 Å². The van der Waals surface area contributed by atoms with Gasteiger partial charge in [-0.1, -0.05) is 0 Å². The van der Waals surface area contributed by atoms with Crippen LogP contribution in [-0.4, -0.2) is 44.6 Å². The molecule has 0 aliphatic rings. The number of carbonyl (C=O) groups is 1. The van der Waals surface area contributed by atoms with Gasteiger partial charge in [-0.25, -0.2) is 9.78 Å². The van der Waals surface area contributed by atoms with E-state index in [4.69, 9.17) is 16.3 Å². The van der Waals surface area contributed by atoms with Crippen molar-refractivity contribution < 1.29 is 9.53 Å². The molecule has 7 nitrogen and oxygen atoms in total. The van der Waals surface area contributed by atoms with Gasteiger partial charge in [0.2, 0.25) is 5.28 Å². The van der Waals surface area contributed by atoms with Gasteiger partial charge in [0, 0.05) is 20.1 Å². The van der Waals surface area contributed by atoms with Crippen molar-refractivity contribution in [3.05, 3.63) is 11.6 Å². The molecule has 2 heterocycles. The average Bonchev–Trinajstić information content (AvgIpc) is 2.72. The molecule has 1 amide bonds. The number of halogens is 1. The lowest BCUT2D eigenvalue weighted by Gasteiger charge is -2.11. The molecular weight excluding hydrogens is 270 g/mol. The molecule has 0 unspecified atom stereocenters. The number of rotatable bonds is 2. The number of carbonyl (C=O) groups excluding carboxylic acids is 1. The van der Waals surface area contributed by atoms with Crippen LogP contribution in [0, 0.1) is 0 Å². The summed E-state index contributed by atoms with van der Waals surface area (Å²) >= 11 is 5.85. The number of hydrogen-bond donors (Lipinski definition) is 0. The Morgan fingerprint density at radius 2 is 2.11 bits per heavy atom. The smallest absolute Gasteiger partial charge is 0.388 e. The maximum absolute atomic E-state index is 11.6. The Kier molecular flexibility index (Phi) is 3.57. The molecule has 0 fully saturated rings. The van der Waals surface area contributed by atoms with E-state index < -0.39 is 6.09 Å². The minimum Gasteiger partial charge on any atom is -0.388 e. The summed E-state index contributed by atoms with van der Waals surface area (Å²) in [5.41, 5.74) is 0.949. The van der Waals surface area contributed by atoms with E-state index in [0.717, 1.165) is 0 Å². The molecule has 0 radical (unpaired) electrons. The molecule has 0 bridgehead atoms. The molecule has 0 saturated carbocycles. The summed E-state index contributed by atoms with van der Waals surface area (Å²) in [4.78, 5) is 25.1. The lowest BCUT2D eigenvalue weighted by Crippen LogP contribution is -2.25. The van der Waals surface area contributed by atoms with Crippen molar-refractivity contribution in [3.63, 3.8) is 0 Å². The van der Waals surface area contributed by atoms with E-state index in [-0.39, 0.29) is 17.2 Å². The van der Waals surface area contributed by atoms with Crippen molar-refractivity contribution in [1.29, 1.82) is 0 Å². The highest BCUT2D eigenvalue weighted by atomic mass is 35.5. The van der Waals surface area contributed by atoms with Gasteiger partial charge in [0.15, 0.2) is 11.2 Å². The molecule has 2 aromatic heterocycles. The van der Waals surface area contributed by atoms with E-state index in [1.807, 2.05) is 18.4 Å². The molecular formula is C11H14ClN5O2. The van der Waals surface area contributed by atoms with Gasteiger partial charge < -0.3 is 14.2 Å². The van der Waals surface area contributed by atoms with Crippen LogP contribution in [0.2, 0.25) is 5.28 Å². The minimum atomic E-state index is -0.546.